The number of aryl methyl sites for hydroxylation is 1. The van der Waals surface area contributed by atoms with E-state index in [9.17, 15) is 24.0 Å². The Hall–Kier alpha value is -3.84. The number of benzene rings is 1. The monoisotopic (exact) mass is 727 g/mol. The second-order valence-corrected chi connectivity index (χ2v) is 15.7. The molecule has 0 unspecified atom stereocenters. The van der Waals surface area contributed by atoms with Crippen molar-refractivity contribution < 1.29 is 33.4 Å². The molecule has 0 saturated carbocycles. The number of hydrogen-bond acceptors (Lipinski definition) is 10. The van der Waals surface area contributed by atoms with Crippen LogP contribution in [-0.4, -0.2) is 96.4 Å². The van der Waals surface area contributed by atoms with Gasteiger partial charge in [-0.15, -0.1) is 11.3 Å². The van der Waals surface area contributed by atoms with Crippen molar-refractivity contribution in [2.45, 2.75) is 111 Å². The van der Waals surface area contributed by atoms with Gasteiger partial charge in [-0.3, -0.25) is 28.9 Å². The number of carbonyl (C=O) groups is 5. The first kappa shape index (κ1) is 41.6. The lowest BCUT2D eigenvalue weighted by molar-refractivity contribution is -0.149. The van der Waals surface area contributed by atoms with E-state index in [0.717, 1.165) is 24.9 Å². The third-order valence-electron chi connectivity index (χ3n) is 9.64. The molecule has 2 aromatic rings. The minimum atomic E-state index is -0.825. The van der Waals surface area contributed by atoms with Crippen LogP contribution in [0.2, 0.25) is 0 Å². The quantitative estimate of drug-likeness (QED) is 0.221. The molecule has 0 aliphatic carbocycles. The normalized spacial score (nSPS) is 17.7. The van der Waals surface area contributed by atoms with Crippen molar-refractivity contribution in [2.75, 3.05) is 27.7 Å². The molecule has 1 fully saturated rings. The minimum Gasteiger partial charge on any atom is -0.469 e. The molecule has 0 radical (unpaired) electrons. The number of amides is 3. The van der Waals surface area contributed by atoms with Crippen LogP contribution in [0.15, 0.2) is 30.3 Å². The topological polar surface area (TPSA) is 147 Å². The van der Waals surface area contributed by atoms with Crippen molar-refractivity contribution in [3.63, 3.8) is 0 Å². The lowest BCUT2D eigenvalue weighted by Crippen LogP contribution is -2.56. The number of aromatic nitrogens is 1. The summed E-state index contributed by atoms with van der Waals surface area (Å²) in [7, 11) is 4.98. The molecule has 3 rings (SSSR count). The Balaban J connectivity index is 1.84. The van der Waals surface area contributed by atoms with Gasteiger partial charge in [0.1, 0.15) is 16.7 Å². The summed E-state index contributed by atoms with van der Waals surface area (Å²) in [5.74, 6) is -2.27. The van der Waals surface area contributed by atoms with Crippen molar-refractivity contribution in [3.05, 3.63) is 51.5 Å². The summed E-state index contributed by atoms with van der Waals surface area (Å²) >= 11 is 1.27. The Morgan fingerprint density at radius 2 is 1.69 bits per heavy atom. The van der Waals surface area contributed by atoms with Gasteiger partial charge in [-0.2, -0.15) is 0 Å². The summed E-state index contributed by atoms with van der Waals surface area (Å²) in [6, 6.07) is 7.95. The summed E-state index contributed by atoms with van der Waals surface area (Å²) in [5, 5.41) is 6.54. The smallest absolute Gasteiger partial charge is 0.308 e. The van der Waals surface area contributed by atoms with E-state index in [-0.39, 0.29) is 59.9 Å². The molecular formula is C38H57N5O7S. The molecule has 1 aromatic heterocycles. The van der Waals surface area contributed by atoms with E-state index < -0.39 is 29.9 Å². The maximum absolute atomic E-state index is 14.0. The van der Waals surface area contributed by atoms with E-state index in [2.05, 4.69) is 10.6 Å². The van der Waals surface area contributed by atoms with E-state index in [1.165, 1.54) is 25.4 Å². The Morgan fingerprint density at radius 3 is 2.24 bits per heavy atom. The fourth-order valence-electron chi connectivity index (χ4n) is 6.72. The number of likely N-dealkylation sites (tertiary alicyclic amines) is 1. The number of esters is 2. The second-order valence-electron chi connectivity index (χ2n) is 14.4. The van der Waals surface area contributed by atoms with Crippen LogP contribution in [0.3, 0.4) is 0 Å². The molecular weight excluding hydrogens is 671 g/mol. The lowest BCUT2D eigenvalue weighted by atomic mass is 9.94. The number of hydrogen-bond donors (Lipinski definition) is 2. The van der Waals surface area contributed by atoms with Crippen LogP contribution in [0.5, 0.6) is 0 Å². The van der Waals surface area contributed by atoms with Gasteiger partial charge in [0, 0.05) is 37.4 Å². The Bertz CT molecular complexity index is 1500. The van der Waals surface area contributed by atoms with Crippen LogP contribution in [0, 0.1) is 24.7 Å². The van der Waals surface area contributed by atoms with Gasteiger partial charge >= 0.3 is 11.9 Å². The zero-order valence-corrected chi connectivity index (χ0v) is 32.7. The van der Waals surface area contributed by atoms with Crippen molar-refractivity contribution >= 4 is 41.0 Å². The predicted octanol–water partition coefficient (Wildman–Crippen LogP) is 4.70. The zero-order valence-electron chi connectivity index (χ0n) is 31.9. The third kappa shape index (κ3) is 11.6. The van der Waals surface area contributed by atoms with Crippen LogP contribution in [-0.2, 0) is 35.1 Å². The summed E-state index contributed by atoms with van der Waals surface area (Å²) < 4.78 is 10.7. The van der Waals surface area contributed by atoms with Crippen molar-refractivity contribution in [1.82, 2.24) is 25.4 Å². The molecule has 12 nitrogen and oxygen atoms in total. The second kappa shape index (κ2) is 19.1. The molecule has 2 heterocycles. The highest BCUT2D eigenvalue weighted by molar-refractivity contribution is 7.12. The molecule has 1 aliphatic heterocycles. The Labute approximate surface area is 307 Å². The zero-order chi connectivity index (χ0) is 38.0. The van der Waals surface area contributed by atoms with Gasteiger partial charge in [-0.1, -0.05) is 65.0 Å². The largest absolute Gasteiger partial charge is 0.469 e. The highest BCUT2D eigenvalue weighted by Crippen LogP contribution is 2.33. The van der Waals surface area contributed by atoms with Crippen LogP contribution in [0.25, 0.3) is 0 Å². The number of nitrogens with one attached hydrogen (secondary N) is 2. The van der Waals surface area contributed by atoms with Gasteiger partial charge < -0.3 is 25.0 Å². The fourth-order valence-corrected chi connectivity index (χ4v) is 7.68. The van der Waals surface area contributed by atoms with Crippen molar-refractivity contribution in [3.8, 4) is 0 Å². The summed E-state index contributed by atoms with van der Waals surface area (Å²) in [4.78, 5) is 74.6. The van der Waals surface area contributed by atoms with Crippen LogP contribution >= 0.6 is 11.3 Å². The van der Waals surface area contributed by atoms with Gasteiger partial charge in [0.05, 0.1) is 19.1 Å². The van der Waals surface area contributed by atoms with Crippen molar-refractivity contribution in [1.29, 1.82) is 0 Å². The molecule has 51 heavy (non-hydrogen) atoms. The predicted molar refractivity (Wildman–Crippen MR) is 197 cm³/mol. The molecule has 3 amide bonds. The van der Waals surface area contributed by atoms with Crippen LogP contribution < -0.4 is 10.6 Å². The number of nitrogens with zero attached hydrogens (tertiary/aromatic N) is 3. The van der Waals surface area contributed by atoms with Gasteiger partial charge in [0.2, 0.25) is 11.8 Å². The van der Waals surface area contributed by atoms with Gasteiger partial charge in [-0.05, 0) is 63.6 Å². The molecule has 0 spiro atoms. The van der Waals surface area contributed by atoms with Gasteiger partial charge in [0.25, 0.3) is 5.91 Å². The van der Waals surface area contributed by atoms with Gasteiger partial charge in [0.15, 0.2) is 6.10 Å². The summed E-state index contributed by atoms with van der Waals surface area (Å²) in [5.41, 5.74) is 1.22. The average Bonchev–Trinajstić information content (AvgIpc) is 3.69. The Morgan fingerprint density at radius 1 is 1.02 bits per heavy atom. The Kier molecular flexibility index (Phi) is 15.6. The van der Waals surface area contributed by atoms with E-state index >= 15 is 0 Å². The third-order valence-corrected chi connectivity index (χ3v) is 10.7. The highest BCUT2D eigenvalue weighted by Gasteiger charge is 2.37. The fraction of sp³-hybridized carbons (Fsp3) is 0.632. The van der Waals surface area contributed by atoms with E-state index in [4.69, 9.17) is 14.5 Å². The first-order chi connectivity index (χ1) is 24.0. The van der Waals surface area contributed by atoms with Gasteiger partial charge in [-0.25, -0.2) is 4.98 Å². The number of likely N-dealkylation sites (N-methyl/N-ethyl adjacent to an activating group) is 2. The molecule has 13 heteroatoms. The molecule has 1 saturated heterocycles. The first-order valence-corrected chi connectivity index (χ1v) is 18.7. The highest BCUT2D eigenvalue weighted by atomic mass is 32.1. The minimum absolute atomic E-state index is 0.0409. The maximum atomic E-state index is 14.0. The lowest BCUT2D eigenvalue weighted by Gasteiger charge is -2.37. The number of rotatable bonds is 17. The van der Waals surface area contributed by atoms with Crippen LogP contribution in [0.4, 0.5) is 0 Å². The number of methoxy groups -OCH3 is 1. The molecule has 1 aliphatic rings. The average molecular weight is 728 g/mol. The van der Waals surface area contributed by atoms with E-state index in [0.29, 0.717) is 22.7 Å². The standard InChI is InChI=1S/C38H57N5O7S/c1-22(2)30(43(9)37(47)32(23(3)4)40-34(45)29-17-14-18-42(29)8)21-31(50-26(7)44)36-41-33(25(6)51-36)35(46)39-28(19-24(5)38(48)49-10)20-27-15-12-11-13-16-27/h11-13,15-16,22-24,28-32H,14,17-21H2,1-10H3,(H,39,46)(H,40,45)/t24-,28+,29+,30+,31+,32-/m0/s1. The first-order valence-electron chi connectivity index (χ1n) is 17.9. The van der Waals surface area contributed by atoms with E-state index in [1.54, 1.807) is 25.8 Å². The van der Waals surface area contributed by atoms with Crippen molar-refractivity contribution in [2.24, 2.45) is 17.8 Å². The molecule has 282 valence electrons. The summed E-state index contributed by atoms with van der Waals surface area (Å²) in [6.07, 6.45) is 1.98. The van der Waals surface area contributed by atoms with Crippen LogP contribution in [0.1, 0.15) is 99.3 Å². The number of ether oxygens (including phenoxy) is 2. The number of thiazole rings is 1. The molecule has 1 aromatic carbocycles. The SMILES string of the molecule is COC(=O)[C@@H](C)C[C@H](Cc1ccccc1)NC(=O)c1nc([C@@H](C[C@H](C(C)C)N(C)C(=O)[C@@H](NC(=O)[C@H]2CCCN2C)C(C)C)OC(C)=O)sc1C. The van der Waals surface area contributed by atoms with E-state index in [1.807, 2.05) is 70.0 Å². The maximum Gasteiger partial charge on any atom is 0.308 e. The summed E-state index contributed by atoms with van der Waals surface area (Å²) in [6.45, 7) is 13.5. The molecule has 6 atom stereocenters. The number of carbonyl (C=O) groups excluding carboxylic acids is 5. The molecule has 0 bridgehead atoms. The molecule has 2 N–H and O–H groups in total.